The first-order valence-corrected chi connectivity index (χ1v) is 5.13. The molecule has 0 aromatic carbocycles. The summed E-state index contributed by atoms with van der Waals surface area (Å²) in [5.41, 5.74) is 13.0. The minimum atomic E-state index is -0.310. The molecule has 4 N–H and O–H groups in total. The highest BCUT2D eigenvalue weighted by Gasteiger charge is 2.22. The minimum Gasteiger partial charge on any atom is -0.383 e. The molecule has 5 nitrogen and oxygen atoms in total. The topological polar surface area (TPSA) is 96.1 Å². The molecule has 1 radical (unpaired) electrons. The molecule has 1 aromatic heterocycles. The van der Waals surface area contributed by atoms with E-state index in [0.29, 0.717) is 18.5 Å². The van der Waals surface area contributed by atoms with Gasteiger partial charge >= 0.3 is 0 Å². The molecule has 0 fully saturated rings. The number of nitrogens with zero attached hydrogens (tertiary/aromatic N) is 2. The van der Waals surface area contributed by atoms with Crippen LogP contribution in [0, 0.1) is 0 Å². The quantitative estimate of drug-likeness (QED) is 0.770. The number of amides is 1. The van der Waals surface area contributed by atoms with E-state index < -0.39 is 0 Å². The average molecular weight is 217 g/mol. The van der Waals surface area contributed by atoms with Crippen LogP contribution < -0.4 is 16.8 Å². The van der Waals surface area contributed by atoms with Gasteiger partial charge in [0.25, 0.3) is 5.91 Å². The Kier molecular flexibility index (Phi) is 2.87. The molecule has 0 aliphatic carbocycles. The first kappa shape index (κ1) is 10.6. The monoisotopic (exact) mass is 217 g/mol. The van der Waals surface area contributed by atoms with Gasteiger partial charge in [0.05, 0.1) is 5.56 Å². The van der Waals surface area contributed by atoms with Crippen LogP contribution in [0.25, 0.3) is 6.08 Å². The Hall–Kier alpha value is -1.88. The number of rotatable bonds is 3. The molecule has 1 aliphatic rings. The van der Waals surface area contributed by atoms with Crippen LogP contribution in [0.15, 0.2) is 18.0 Å². The van der Waals surface area contributed by atoms with Crippen molar-refractivity contribution in [3.8, 4) is 0 Å². The third-order valence-electron chi connectivity index (χ3n) is 2.43. The summed E-state index contributed by atoms with van der Waals surface area (Å²) < 4.78 is 0. The fourth-order valence-corrected chi connectivity index (χ4v) is 1.66. The number of anilines is 1. The Labute approximate surface area is 93.5 Å². The zero-order valence-corrected chi connectivity index (χ0v) is 8.81. The lowest BCUT2D eigenvalue weighted by Gasteiger charge is -2.15. The van der Waals surface area contributed by atoms with E-state index in [9.17, 15) is 4.79 Å². The van der Waals surface area contributed by atoms with Crippen LogP contribution >= 0.6 is 0 Å². The van der Waals surface area contributed by atoms with Gasteiger partial charge in [-0.25, -0.2) is 10.3 Å². The van der Waals surface area contributed by atoms with Gasteiger partial charge < -0.3 is 11.5 Å². The Balaban J connectivity index is 2.34. The van der Waals surface area contributed by atoms with Crippen molar-refractivity contribution in [1.29, 1.82) is 0 Å². The second kappa shape index (κ2) is 4.32. The van der Waals surface area contributed by atoms with E-state index in [-0.39, 0.29) is 11.7 Å². The molecule has 5 heteroatoms. The third-order valence-corrected chi connectivity index (χ3v) is 2.43. The third kappa shape index (κ3) is 1.90. The lowest BCUT2D eigenvalue weighted by molar-refractivity contribution is 0.0959. The number of carbonyl (C=O) groups excluding carboxylic acids is 1. The number of fused-ring (bicyclic) bond motifs is 1. The molecule has 0 saturated heterocycles. The minimum absolute atomic E-state index is 0.236. The van der Waals surface area contributed by atoms with Crippen LogP contribution in [-0.4, -0.2) is 17.4 Å². The lowest BCUT2D eigenvalue weighted by Crippen LogP contribution is -2.22. The molecule has 0 spiro atoms. The predicted molar refractivity (Wildman–Crippen MR) is 61.4 cm³/mol. The Morgan fingerprint density at radius 2 is 2.19 bits per heavy atom. The van der Waals surface area contributed by atoms with Gasteiger partial charge in [-0.1, -0.05) is 0 Å². The number of hydrogen-bond acceptors (Lipinski definition) is 4. The van der Waals surface area contributed by atoms with E-state index in [1.165, 1.54) is 0 Å². The Bertz CT molecular complexity index is 453. The highest BCUT2D eigenvalue weighted by molar-refractivity contribution is 6.04. The van der Waals surface area contributed by atoms with Crippen molar-refractivity contribution in [2.75, 3.05) is 12.3 Å². The van der Waals surface area contributed by atoms with E-state index in [1.54, 1.807) is 12.3 Å². The molecule has 0 unspecified atom stereocenters. The van der Waals surface area contributed by atoms with Crippen LogP contribution in [-0.2, 0) is 0 Å². The molecule has 0 saturated carbocycles. The van der Waals surface area contributed by atoms with Gasteiger partial charge in [0.2, 0.25) is 0 Å². The summed E-state index contributed by atoms with van der Waals surface area (Å²) in [5.74, 6) is -0.0736. The number of pyridine rings is 1. The largest absolute Gasteiger partial charge is 0.383 e. The highest BCUT2D eigenvalue weighted by atomic mass is 16.1. The van der Waals surface area contributed by atoms with Gasteiger partial charge in [-0.15, -0.1) is 0 Å². The normalized spacial score (nSPS) is 14.1. The van der Waals surface area contributed by atoms with E-state index >= 15 is 0 Å². The maximum absolute atomic E-state index is 11.7. The molecule has 0 bridgehead atoms. The van der Waals surface area contributed by atoms with Gasteiger partial charge in [0.15, 0.2) is 0 Å². The summed E-state index contributed by atoms with van der Waals surface area (Å²) in [4.78, 5) is 15.6. The summed E-state index contributed by atoms with van der Waals surface area (Å²) in [6, 6.07) is 1.76. The SMILES string of the molecule is NCCCC1=Cc2ccnc(N)c2C(=O)[N]1. The van der Waals surface area contributed by atoms with Crippen molar-refractivity contribution in [2.24, 2.45) is 5.73 Å². The maximum atomic E-state index is 11.7. The van der Waals surface area contributed by atoms with E-state index in [4.69, 9.17) is 11.5 Å². The molecule has 1 aromatic rings. The fourth-order valence-electron chi connectivity index (χ4n) is 1.66. The summed E-state index contributed by atoms with van der Waals surface area (Å²) in [7, 11) is 0. The molecule has 2 rings (SSSR count). The van der Waals surface area contributed by atoms with Crippen molar-refractivity contribution in [3.05, 3.63) is 29.1 Å². The fraction of sp³-hybridized carbons (Fsp3) is 0.273. The summed E-state index contributed by atoms with van der Waals surface area (Å²) in [5, 5.41) is 3.97. The van der Waals surface area contributed by atoms with E-state index in [2.05, 4.69) is 10.3 Å². The maximum Gasteiger partial charge on any atom is 0.281 e. The van der Waals surface area contributed by atoms with Crippen LogP contribution in [0.5, 0.6) is 0 Å². The second-order valence-electron chi connectivity index (χ2n) is 3.61. The predicted octanol–water partition coefficient (Wildman–Crippen LogP) is 0.502. The summed E-state index contributed by atoms with van der Waals surface area (Å²) in [6.45, 7) is 0.590. The second-order valence-corrected chi connectivity index (χ2v) is 3.61. The molecule has 1 aliphatic heterocycles. The molecule has 16 heavy (non-hydrogen) atoms. The van der Waals surface area contributed by atoms with E-state index in [0.717, 1.165) is 17.7 Å². The number of hydrogen-bond donors (Lipinski definition) is 2. The van der Waals surface area contributed by atoms with Crippen molar-refractivity contribution in [2.45, 2.75) is 12.8 Å². The van der Waals surface area contributed by atoms with Gasteiger partial charge in [0.1, 0.15) is 5.82 Å². The van der Waals surface area contributed by atoms with Crippen molar-refractivity contribution >= 4 is 17.8 Å². The zero-order valence-electron chi connectivity index (χ0n) is 8.81. The Morgan fingerprint density at radius 1 is 1.38 bits per heavy atom. The first-order valence-electron chi connectivity index (χ1n) is 5.13. The molecule has 83 valence electrons. The number of allylic oxidation sites excluding steroid dienone is 1. The van der Waals surface area contributed by atoms with Crippen molar-refractivity contribution in [3.63, 3.8) is 0 Å². The highest BCUT2D eigenvalue weighted by Crippen LogP contribution is 2.23. The zero-order chi connectivity index (χ0) is 11.5. The molecule has 0 atom stereocenters. The van der Waals surface area contributed by atoms with Crippen LogP contribution in [0.4, 0.5) is 5.82 Å². The van der Waals surface area contributed by atoms with Gasteiger partial charge in [-0.3, -0.25) is 4.79 Å². The Morgan fingerprint density at radius 3 is 2.94 bits per heavy atom. The van der Waals surface area contributed by atoms with Crippen LogP contribution in [0.3, 0.4) is 0 Å². The number of aromatic nitrogens is 1. The summed E-state index contributed by atoms with van der Waals surface area (Å²) in [6.07, 6.45) is 4.98. The smallest absolute Gasteiger partial charge is 0.281 e. The molecule has 2 heterocycles. The lowest BCUT2D eigenvalue weighted by atomic mass is 10.0. The molecular formula is C11H13N4O. The first-order chi connectivity index (χ1) is 7.72. The van der Waals surface area contributed by atoms with Crippen LogP contribution in [0.2, 0.25) is 0 Å². The van der Waals surface area contributed by atoms with Crippen molar-refractivity contribution < 1.29 is 4.79 Å². The van der Waals surface area contributed by atoms with E-state index in [1.807, 2.05) is 6.08 Å². The number of nitrogens with two attached hydrogens (primary N) is 2. The number of nitrogen functional groups attached to an aromatic ring is 1. The van der Waals surface area contributed by atoms with Gasteiger partial charge in [-0.2, -0.15) is 0 Å². The van der Waals surface area contributed by atoms with Gasteiger partial charge in [-0.05, 0) is 37.1 Å². The average Bonchev–Trinajstić information content (AvgIpc) is 2.26. The molecule has 1 amide bonds. The van der Waals surface area contributed by atoms with Crippen LogP contribution in [0.1, 0.15) is 28.8 Å². The summed E-state index contributed by atoms with van der Waals surface area (Å²) >= 11 is 0. The van der Waals surface area contributed by atoms with Gasteiger partial charge in [0, 0.05) is 11.9 Å². The van der Waals surface area contributed by atoms with Crippen molar-refractivity contribution in [1.82, 2.24) is 10.3 Å². The number of carbonyl (C=O) groups is 1. The molecular weight excluding hydrogens is 204 g/mol. The standard InChI is InChI=1S/C11H13N4O/c12-4-1-2-8-6-7-3-5-14-10(13)9(7)11(16)15-8/h3,5-6H,1-2,4,12H2,(H2,13,14).